The number of fused-ring (bicyclic) bond motifs is 1. The van der Waals surface area contributed by atoms with Gasteiger partial charge in [0.1, 0.15) is 0 Å². The van der Waals surface area contributed by atoms with Gasteiger partial charge in [0.05, 0.1) is 11.5 Å². The summed E-state index contributed by atoms with van der Waals surface area (Å²) in [7, 11) is 0. The maximum absolute atomic E-state index is 12.9. The first-order valence-corrected chi connectivity index (χ1v) is 10.5. The molecule has 3 heteroatoms. The normalized spacial score (nSPS) is 27.3. The molecule has 0 saturated heterocycles. The maximum Gasteiger partial charge on any atom is 0.169 e. The molecule has 2 aromatic carbocycles. The molecule has 2 aromatic rings. The predicted octanol–water partition coefficient (Wildman–Crippen LogP) is 6.20. The number of aliphatic hydroxyl groups is 1. The molecule has 0 spiro atoms. The van der Waals surface area contributed by atoms with Gasteiger partial charge in [-0.25, -0.2) is 0 Å². The fourth-order valence-corrected chi connectivity index (χ4v) is 4.77. The zero-order chi connectivity index (χ0) is 19.4. The van der Waals surface area contributed by atoms with Gasteiger partial charge >= 0.3 is 0 Å². The lowest BCUT2D eigenvalue weighted by atomic mass is 9.65. The van der Waals surface area contributed by atoms with Gasteiger partial charge in [-0.05, 0) is 67.7 Å². The highest BCUT2D eigenvalue weighted by atomic mass is 35.5. The van der Waals surface area contributed by atoms with Crippen LogP contribution in [0.15, 0.2) is 48.5 Å². The van der Waals surface area contributed by atoms with E-state index in [9.17, 15) is 9.90 Å². The van der Waals surface area contributed by atoms with Crippen molar-refractivity contribution in [3.63, 3.8) is 0 Å². The van der Waals surface area contributed by atoms with Gasteiger partial charge in [-0.1, -0.05) is 61.8 Å². The van der Waals surface area contributed by atoms with Crippen LogP contribution in [0.5, 0.6) is 0 Å². The van der Waals surface area contributed by atoms with Gasteiger partial charge < -0.3 is 5.11 Å². The van der Waals surface area contributed by atoms with Gasteiger partial charge in [0.25, 0.3) is 0 Å². The van der Waals surface area contributed by atoms with Crippen LogP contribution in [0.2, 0.25) is 5.02 Å². The van der Waals surface area contributed by atoms with Crippen LogP contribution in [-0.2, 0) is 6.42 Å². The Morgan fingerprint density at radius 1 is 0.963 bits per heavy atom. The number of carbonyl (C=O) groups excluding carboxylic acids is 1. The van der Waals surface area contributed by atoms with E-state index < -0.39 is 5.60 Å². The van der Waals surface area contributed by atoms with E-state index >= 15 is 0 Å². The summed E-state index contributed by atoms with van der Waals surface area (Å²) in [6.07, 6.45) is 4.87. The van der Waals surface area contributed by atoms with Gasteiger partial charge in [0.15, 0.2) is 5.78 Å². The minimum Gasteiger partial charge on any atom is -0.389 e. The number of rotatable bonds is 2. The van der Waals surface area contributed by atoms with Crippen LogP contribution in [0.1, 0.15) is 73.4 Å². The molecule has 2 aliphatic rings. The van der Waals surface area contributed by atoms with E-state index in [0.717, 1.165) is 41.8 Å². The van der Waals surface area contributed by atoms with Crippen LogP contribution >= 0.6 is 11.6 Å². The number of Topliss-reactive ketones (excluding diaryl/α,β-unsaturated/α-hetero) is 1. The summed E-state index contributed by atoms with van der Waals surface area (Å²) < 4.78 is 0. The summed E-state index contributed by atoms with van der Waals surface area (Å²) in [6.45, 7) is 4.00. The van der Waals surface area contributed by atoms with Crippen LogP contribution < -0.4 is 0 Å². The van der Waals surface area contributed by atoms with Crippen molar-refractivity contribution in [2.75, 3.05) is 0 Å². The predicted molar refractivity (Wildman–Crippen MR) is 112 cm³/mol. The van der Waals surface area contributed by atoms with Crippen molar-refractivity contribution in [1.82, 2.24) is 0 Å². The summed E-state index contributed by atoms with van der Waals surface area (Å²) in [5, 5.41) is 12.0. The average molecular weight is 385 g/mol. The lowest BCUT2D eigenvalue weighted by Gasteiger charge is -2.42. The van der Waals surface area contributed by atoms with Crippen molar-refractivity contribution in [1.29, 1.82) is 0 Å². The van der Waals surface area contributed by atoms with Gasteiger partial charge in [-0.3, -0.25) is 4.79 Å². The zero-order valence-electron chi connectivity index (χ0n) is 16.2. The molecule has 2 aliphatic carbocycles. The minimum atomic E-state index is -0.854. The standard InChI is InChI=1S/C22H23ClO2.C2H6/c23-18-8-5-15(6-9-18)16-11-13-22(25,14-12-16)20-10-7-17-3-1-2-4-19(17)21(20)24;1-2/h1-6,8-9,16,20,25H,7,10-14H2;1-2H3. The molecule has 0 aromatic heterocycles. The van der Waals surface area contributed by atoms with Gasteiger partial charge in [0, 0.05) is 10.6 Å². The number of halogens is 1. The summed E-state index contributed by atoms with van der Waals surface area (Å²) in [5.74, 6) is 0.325. The lowest BCUT2D eigenvalue weighted by Crippen LogP contribution is -2.46. The number of aryl methyl sites for hydroxylation is 1. The molecular weight excluding hydrogens is 356 g/mol. The highest BCUT2D eigenvalue weighted by molar-refractivity contribution is 6.30. The van der Waals surface area contributed by atoms with Crippen LogP contribution in [-0.4, -0.2) is 16.5 Å². The molecule has 2 nitrogen and oxygen atoms in total. The molecule has 144 valence electrons. The summed E-state index contributed by atoms with van der Waals surface area (Å²) in [5.41, 5.74) is 2.37. The Morgan fingerprint density at radius 2 is 1.59 bits per heavy atom. The third-order valence-electron chi connectivity index (χ3n) is 6.14. The maximum atomic E-state index is 12.9. The zero-order valence-corrected chi connectivity index (χ0v) is 17.0. The Kier molecular flexibility index (Phi) is 6.39. The smallest absolute Gasteiger partial charge is 0.169 e. The second-order valence-corrected chi connectivity index (χ2v) is 7.98. The SMILES string of the molecule is CC.O=C1c2ccccc2CCC1C1(O)CCC(c2ccc(Cl)cc2)CC1. The Bertz CT molecular complexity index is 773. The van der Waals surface area contributed by atoms with Crippen LogP contribution in [0.3, 0.4) is 0 Å². The largest absolute Gasteiger partial charge is 0.389 e. The van der Waals surface area contributed by atoms with Crippen LogP contribution in [0.25, 0.3) is 0 Å². The molecule has 1 N–H and O–H groups in total. The monoisotopic (exact) mass is 384 g/mol. The fraction of sp³-hybridized carbons (Fsp3) is 0.458. The number of benzene rings is 2. The van der Waals surface area contributed by atoms with Gasteiger partial charge in [0.2, 0.25) is 0 Å². The van der Waals surface area contributed by atoms with Crippen LogP contribution in [0.4, 0.5) is 0 Å². The molecule has 27 heavy (non-hydrogen) atoms. The first-order chi connectivity index (χ1) is 13.1. The highest BCUT2D eigenvalue weighted by Crippen LogP contribution is 2.45. The molecule has 0 bridgehead atoms. The number of ketones is 1. The van der Waals surface area contributed by atoms with Crippen molar-refractivity contribution in [3.05, 3.63) is 70.2 Å². The molecule has 1 saturated carbocycles. The summed E-state index contributed by atoms with van der Waals surface area (Å²) >= 11 is 5.98. The highest BCUT2D eigenvalue weighted by Gasteiger charge is 2.45. The Balaban J connectivity index is 0.00000102. The quantitative estimate of drug-likeness (QED) is 0.669. The second kappa shape index (κ2) is 8.58. The third-order valence-corrected chi connectivity index (χ3v) is 6.40. The molecule has 0 radical (unpaired) electrons. The number of hydrogen-bond acceptors (Lipinski definition) is 2. The topological polar surface area (TPSA) is 37.3 Å². The van der Waals surface area contributed by atoms with E-state index in [1.54, 1.807) is 0 Å². The molecule has 1 unspecified atom stereocenters. The van der Waals surface area contributed by atoms with E-state index in [1.165, 1.54) is 5.56 Å². The molecule has 1 atom stereocenters. The second-order valence-electron chi connectivity index (χ2n) is 7.54. The Labute approximate surface area is 167 Å². The van der Waals surface area contributed by atoms with Gasteiger partial charge in [-0.2, -0.15) is 0 Å². The minimum absolute atomic E-state index is 0.134. The van der Waals surface area contributed by atoms with E-state index in [0.29, 0.717) is 18.8 Å². The number of hydrogen-bond donors (Lipinski definition) is 1. The van der Waals surface area contributed by atoms with E-state index in [4.69, 9.17) is 11.6 Å². The van der Waals surface area contributed by atoms with Crippen molar-refractivity contribution in [2.24, 2.45) is 5.92 Å². The van der Waals surface area contributed by atoms with Crippen molar-refractivity contribution in [3.8, 4) is 0 Å². The first-order valence-electron chi connectivity index (χ1n) is 10.2. The summed E-state index contributed by atoms with van der Waals surface area (Å²) in [4.78, 5) is 12.9. The summed E-state index contributed by atoms with van der Waals surface area (Å²) in [6, 6.07) is 15.9. The third kappa shape index (κ3) is 4.12. The fourth-order valence-electron chi connectivity index (χ4n) is 4.64. The molecule has 0 aliphatic heterocycles. The van der Waals surface area contributed by atoms with Crippen molar-refractivity contribution < 1.29 is 9.90 Å². The lowest BCUT2D eigenvalue weighted by molar-refractivity contribution is -0.0458. The molecule has 0 heterocycles. The molecule has 0 amide bonds. The van der Waals surface area contributed by atoms with Crippen LogP contribution in [0, 0.1) is 5.92 Å². The average Bonchev–Trinajstić information content (AvgIpc) is 2.71. The number of carbonyl (C=O) groups is 1. The van der Waals surface area contributed by atoms with E-state index in [2.05, 4.69) is 12.1 Å². The molecule has 1 fully saturated rings. The van der Waals surface area contributed by atoms with E-state index in [-0.39, 0.29) is 11.7 Å². The Hall–Kier alpha value is -1.64. The van der Waals surface area contributed by atoms with E-state index in [1.807, 2.05) is 50.2 Å². The first kappa shape index (κ1) is 20.1. The Morgan fingerprint density at radius 3 is 2.26 bits per heavy atom. The molecule has 4 rings (SSSR count). The van der Waals surface area contributed by atoms with Crippen molar-refractivity contribution in [2.45, 2.75) is 63.9 Å². The van der Waals surface area contributed by atoms with Crippen molar-refractivity contribution >= 4 is 17.4 Å². The molecular formula is C24H29ClO2. The van der Waals surface area contributed by atoms with Gasteiger partial charge in [-0.15, -0.1) is 0 Å².